The number of hydrogen-bond acceptors (Lipinski definition) is 6. The molecule has 0 fully saturated rings. The molecule has 39 heavy (non-hydrogen) atoms. The van der Waals surface area contributed by atoms with Crippen LogP contribution in [0.4, 0.5) is 0 Å². The van der Waals surface area contributed by atoms with Gasteiger partial charge in [-0.25, -0.2) is 4.98 Å². The summed E-state index contributed by atoms with van der Waals surface area (Å²) in [4.78, 5) is 18.2. The summed E-state index contributed by atoms with van der Waals surface area (Å²) >= 11 is 12.1. The number of fused-ring (bicyclic) bond motifs is 1. The van der Waals surface area contributed by atoms with Gasteiger partial charge in [-0.2, -0.15) is 9.78 Å². The summed E-state index contributed by atoms with van der Waals surface area (Å²) in [6.45, 7) is 0.218. The fraction of sp³-hybridized carbons (Fsp3) is 0.100. The van der Waals surface area contributed by atoms with Crippen LogP contribution in [0.25, 0.3) is 22.3 Å². The van der Waals surface area contributed by atoms with E-state index in [9.17, 15) is 4.79 Å². The van der Waals surface area contributed by atoms with Crippen molar-refractivity contribution in [2.45, 2.75) is 6.61 Å². The molecule has 0 aliphatic heterocycles. The third kappa shape index (κ3) is 5.60. The lowest BCUT2D eigenvalue weighted by atomic mass is 10.2. The largest absolute Gasteiger partial charge is 0.493 e. The van der Waals surface area contributed by atoms with Gasteiger partial charge in [0.1, 0.15) is 6.61 Å². The lowest BCUT2D eigenvalue weighted by Gasteiger charge is -2.15. The van der Waals surface area contributed by atoms with Gasteiger partial charge in [0, 0.05) is 11.1 Å². The number of methoxy groups -OCH3 is 2. The lowest BCUT2D eigenvalue weighted by molar-refractivity contribution is 0.266. The van der Waals surface area contributed by atoms with E-state index < -0.39 is 0 Å². The van der Waals surface area contributed by atoms with Gasteiger partial charge < -0.3 is 14.2 Å². The Morgan fingerprint density at radius 3 is 2.26 bits per heavy atom. The van der Waals surface area contributed by atoms with Crippen molar-refractivity contribution in [3.05, 3.63) is 116 Å². The molecule has 0 N–H and O–H groups in total. The molecule has 0 saturated carbocycles. The normalized spacial score (nSPS) is 11.2. The fourth-order valence-electron chi connectivity index (χ4n) is 4.03. The maximum Gasteiger partial charge on any atom is 0.282 e. The van der Waals surface area contributed by atoms with E-state index in [-0.39, 0.29) is 12.2 Å². The first kappa shape index (κ1) is 26.3. The molecule has 196 valence electrons. The summed E-state index contributed by atoms with van der Waals surface area (Å²) in [5.41, 5.74) is 2.54. The second-order valence-corrected chi connectivity index (χ2v) is 9.29. The van der Waals surface area contributed by atoms with Gasteiger partial charge in [-0.15, -0.1) is 0 Å². The van der Waals surface area contributed by atoms with E-state index >= 15 is 0 Å². The summed E-state index contributed by atoms with van der Waals surface area (Å²) in [7, 11) is 3.07. The third-order valence-corrected chi connectivity index (χ3v) is 6.70. The molecule has 0 aliphatic carbocycles. The molecule has 0 unspecified atom stereocenters. The SMILES string of the molecule is COc1cc(C=Nn2c(-c3ccccc3)nc3ccccc3c2=O)cc(OC)c1OCc1ccc(Cl)c(Cl)c1. The molecule has 0 atom stereocenters. The van der Waals surface area contributed by atoms with Gasteiger partial charge >= 0.3 is 0 Å². The minimum absolute atomic E-state index is 0.218. The van der Waals surface area contributed by atoms with Crippen LogP contribution in [0.2, 0.25) is 10.0 Å². The van der Waals surface area contributed by atoms with Gasteiger partial charge in [0.2, 0.25) is 5.75 Å². The highest BCUT2D eigenvalue weighted by atomic mass is 35.5. The van der Waals surface area contributed by atoms with Crippen LogP contribution >= 0.6 is 23.2 Å². The molecule has 9 heteroatoms. The Morgan fingerprint density at radius 2 is 1.56 bits per heavy atom. The van der Waals surface area contributed by atoms with Gasteiger partial charge in [0.05, 0.1) is 41.4 Å². The van der Waals surface area contributed by atoms with Gasteiger partial charge in [-0.3, -0.25) is 4.79 Å². The zero-order valence-electron chi connectivity index (χ0n) is 21.1. The summed E-state index contributed by atoms with van der Waals surface area (Å²) in [5, 5.41) is 5.91. The molecule has 5 rings (SSSR count). The summed E-state index contributed by atoms with van der Waals surface area (Å²) < 4.78 is 18.5. The molecule has 0 bridgehead atoms. The van der Waals surface area contributed by atoms with E-state index in [0.29, 0.717) is 49.6 Å². The lowest BCUT2D eigenvalue weighted by Crippen LogP contribution is -2.20. The Kier molecular flexibility index (Phi) is 7.81. The molecule has 0 amide bonds. The second kappa shape index (κ2) is 11.6. The number of hydrogen-bond donors (Lipinski definition) is 0. The second-order valence-electron chi connectivity index (χ2n) is 8.47. The zero-order chi connectivity index (χ0) is 27.4. The topological polar surface area (TPSA) is 74.9 Å². The van der Waals surface area contributed by atoms with Crippen LogP contribution in [0.3, 0.4) is 0 Å². The van der Waals surface area contributed by atoms with Gasteiger partial charge in [-0.1, -0.05) is 71.7 Å². The average molecular weight is 560 g/mol. The summed E-state index contributed by atoms with van der Waals surface area (Å²) in [5.74, 6) is 1.71. The van der Waals surface area contributed by atoms with Crippen molar-refractivity contribution in [3.8, 4) is 28.6 Å². The van der Waals surface area contributed by atoms with Crippen molar-refractivity contribution >= 4 is 40.3 Å². The molecule has 4 aromatic carbocycles. The van der Waals surface area contributed by atoms with Crippen molar-refractivity contribution in [1.29, 1.82) is 0 Å². The van der Waals surface area contributed by atoms with Crippen molar-refractivity contribution in [2.75, 3.05) is 14.2 Å². The third-order valence-electron chi connectivity index (χ3n) is 5.96. The van der Waals surface area contributed by atoms with Crippen LogP contribution < -0.4 is 19.8 Å². The van der Waals surface area contributed by atoms with Gasteiger partial charge in [-0.05, 0) is 42.0 Å². The molecule has 0 saturated heterocycles. The predicted octanol–water partition coefficient (Wildman–Crippen LogP) is 6.85. The molecule has 7 nitrogen and oxygen atoms in total. The number of halogens is 2. The van der Waals surface area contributed by atoms with Crippen LogP contribution in [0, 0.1) is 0 Å². The standard InChI is InChI=1S/C30H23Cl2N3O4/c1-37-26-15-20(16-27(38-2)28(26)39-18-19-12-13-23(31)24(32)14-19)17-33-35-29(21-8-4-3-5-9-21)34-25-11-7-6-10-22(25)30(35)36/h3-17H,18H2,1-2H3. The maximum absolute atomic E-state index is 13.4. The van der Waals surface area contributed by atoms with E-state index in [2.05, 4.69) is 5.10 Å². The predicted molar refractivity (Wildman–Crippen MR) is 155 cm³/mol. The van der Waals surface area contributed by atoms with Crippen molar-refractivity contribution < 1.29 is 14.2 Å². The highest BCUT2D eigenvalue weighted by Crippen LogP contribution is 2.39. The number of nitrogens with zero attached hydrogens (tertiary/aromatic N) is 3. The first-order chi connectivity index (χ1) is 19.0. The highest BCUT2D eigenvalue weighted by molar-refractivity contribution is 6.42. The summed E-state index contributed by atoms with van der Waals surface area (Å²) in [6.07, 6.45) is 1.55. The first-order valence-electron chi connectivity index (χ1n) is 11.9. The van der Waals surface area contributed by atoms with Crippen LogP contribution in [0.5, 0.6) is 17.2 Å². The molecule has 0 spiro atoms. The number of aromatic nitrogens is 2. The number of para-hydroxylation sites is 1. The zero-order valence-corrected chi connectivity index (χ0v) is 22.6. The Hall–Kier alpha value is -4.33. The number of ether oxygens (including phenoxy) is 3. The van der Waals surface area contributed by atoms with Crippen LogP contribution in [-0.4, -0.2) is 30.1 Å². The van der Waals surface area contributed by atoms with E-state index in [1.54, 1.807) is 42.6 Å². The number of benzene rings is 4. The van der Waals surface area contributed by atoms with Crippen LogP contribution in [0.1, 0.15) is 11.1 Å². The quantitative estimate of drug-likeness (QED) is 0.194. The fourth-order valence-corrected chi connectivity index (χ4v) is 4.35. The van der Waals surface area contributed by atoms with E-state index in [4.69, 9.17) is 42.4 Å². The summed E-state index contributed by atoms with van der Waals surface area (Å²) in [6, 6.07) is 25.4. The van der Waals surface area contributed by atoms with Crippen LogP contribution in [-0.2, 0) is 6.61 Å². The molecule has 1 aromatic heterocycles. The highest BCUT2D eigenvalue weighted by Gasteiger charge is 2.16. The van der Waals surface area contributed by atoms with Gasteiger partial charge in [0.25, 0.3) is 5.56 Å². The smallest absolute Gasteiger partial charge is 0.282 e. The Morgan fingerprint density at radius 1 is 0.872 bits per heavy atom. The Balaban J connectivity index is 1.53. The molecule has 0 aliphatic rings. The molecule has 0 radical (unpaired) electrons. The maximum atomic E-state index is 13.4. The molecular formula is C30H23Cl2N3O4. The minimum atomic E-state index is -0.281. The molecule has 5 aromatic rings. The number of rotatable bonds is 8. The Bertz CT molecular complexity index is 1710. The minimum Gasteiger partial charge on any atom is -0.493 e. The van der Waals surface area contributed by atoms with Crippen LogP contribution in [0.15, 0.2) is 94.8 Å². The van der Waals surface area contributed by atoms with Crippen molar-refractivity contribution in [3.63, 3.8) is 0 Å². The average Bonchev–Trinajstić information content (AvgIpc) is 2.97. The molecular weight excluding hydrogens is 537 g/mol. The van der Waals surface area contributed by atoms with E-state index in [1.165, 1.54) is 18.9 Å². The Labute approximate surface area is 234 Å². The van der Waals surface area contributed by atoms with Gasteiger partial charge in [0.15, 0.2) is 17.3 Å². The van der Waals surface area contributed by atoms with E-state index in [1.807, 2.05) is 48.5 Å². The molecule has 1 heterocycles. The van der Waals surface area contributed by atoms with E-state index in [0.717, 1.165) is 11.1 Å². The van der Waals surface area contributed by atoms with Crippen molar-refractivity contribution in [2.24, 2.45) is 5.10 Å². The first-order valence-corrected chi connectivity index (χ1v) is 12.7. The monoisotopic (exact) mass is 559 g/mol. The van der Waals surface area contributed by atoms with Crippen molar-refractivity contribution in [1.82, 2.24) is 9.66 Å².